The SMILES string of the molecule is COc1cccc(C2/C(=C(\O)c3cc(C)ccc3OC)C(=O)C(=O)N2c2ccc(C)cc2C)c1. The minimum Gasteiger partial charge on any atom is -0.507 e. The lowest BCUT2D eigenvalue weighted by molar-refractivity contribution is -0.132. The Bertz CT molecular complexity index is 1320. The van der Waals surface area contributed by atoms with Crippen molar-refractivity contribution in [3.05, 3.63) is 94.1 Å². The van der Waals surface area contributed by atoms with Gasteiger partial charge in [-0.05, 0) is 62.2 Å². The molecule has 0 bridgehead atoms. The number of carbonyl (C=O) groups is 2. The van der Waals surface area contributed by atoms with E-state index < -0.39 is 17.7 Å². The van der Waals surface area contributed by atoms with Crippen molar-refractivity contribution in [2.45, 2.75) is 26.8 Å². The molecule has 1 aliphatic rings. The van der Waals surface area contributed by atoms with Crippen LogP contribution in [0.3, 0.4) is 0 Å². The molecule has 34 heavy (non-hydrogen) atoms. The van der Waals surface area contributed by atoms with Crippen LogP contribution in [0, 0.1) is 20.8 Å². The molecule has 6 heteroatoms. The van der Waals surface area contributed by atoms with Crippen molar-refractivity contribution in [2.24, 2.45) is 0 Å². The third-order valence-electron chi connectivity index (χ3n) is 6.08. The van der Waals surface area contributed by atoms with E-state index in [4.69, 9.17) is 9.47 Å². The maximum atomic E-state index is 13.4. The van der Waals surface area contributed by atoms with Crippen LogP contribution in [0.2, 0.25) is 0 Å². The van der Waals surface area contributed by atoms with Crippen molar-refractivity contribution >= 4 is 23.1 Å². The number of aryl methyl sites for hydroxylation is 3. The molecular formula is C28H27NO5. The van der Waals surface area contributed by atoms with Crippen LogP contribution in [-0.2, 0) is 9.59 Å². The molecule has 1 N–H and O–H groups in total. The normalized spacial score (nSPS) is 17.2. The smallest absolute Gasteiger partial charge is 0.300 e. The van der Waals surface area contributed by atoms with Gasteiger partial charge in [0.1, 0.15) is 17.3 Å². The number of ketones is 1. The molecule has 174 valence electrons. The number of ether oxygens (including phenoxy) is 2. The molecule has 0 spiro atoms. The van der Waals surface area contributed by atoms with Gasteiger partial charge in [-0.1, -0.05) is 41.5 Å². The van der Waals surface area contributed by atoms with Gasteiger partial charge in [-0.15, -0.1) is 0 Å². The van der Waals surface area contributed by atoms with Crippen LogP contribution in [0.5, 0.6) is 11.5 Å². The van der Waals surface area contributed by atoms with E-state index in [1.807, 2.05) is 51.1 Å². The Morgan fingerprint density at radius 3 is 2.26 bits per heavy atom. The molecule has 6 nitrogen and oxygen atoms in total. The molecule has 1 unspecified atom stereocenters. The predicted octanol–water partition coefficient (Wildman–Crippen LogP) is 5.26. The molecule has 0 saturated carbocycles. The summed E-state index contributed by atoms with van der Waals surface area (Å²) in [6.07, 6.45) is 0. The monoisotopic (exact) mass is 457 g/mol. The van der Waals surface area contributed by atoms with Crippen molar-refractivity contribution in [1.29, 1.82) is 0 Å². The summed E-state index contributed by atoms with van der Waals surface area (Å²) < 4.78 is 10.8. The van der Waals surface area contributed by atoms with E-state index in [1.165, 1.54) is 12.0 Å². The minimum absolute atomic E-state index is 0.00197. The fourth-order valence-corrected chi connectivity index (χ4v) is 4.44. The van der Waals surface area contributed by atoms with Gasteiger partial charge < -0.3 is 14.6 Å². The lowest BCUT2D eigenvalue weighted by Crippen LogP contribution is -2.30. The Balaban J connectivity index is 2.02. The fraction of sp³-hybridized carbons (Fsp3) is 0.214. The first-order valence-corrected chi connectivity index (χ1v) is 10.9. The molecule has 1 atom stereocenters. The zero-order valence-corrected chi connectivity index (χ0v) is 19.9. The van der Waals surface area contributed by atoms with E-state index >= 15 is 0 Å². The maximum absolute atomic E-state index is 13.4. The quantitative estimate of drug-likeness (QED) is 0.322. The van der Waals surface area contributed by atoms with Crippen LogP contribution in [0.1, 0.15) is 33.9 Å². The van der Waals surface area contributed by atoms with E-state index in [9.17, 15) is 14.7 Å². The molecule has 3 aromatic carbocycles. The molecule has 1 aliphatic heterocycles. The summed E-state index contributed by atoms with van der Waals surface area (Å²) in [6.45, 7) is 5.74. The standard InChI is InChI=1S/C28H27NO5/c1-16-9-11-22(18(3)13-16)29-25(19-7-6-8-20(15-19)33-4)24(27(31)28(29)32)26(30)21-14-17(2)10-12-23(21)34-5/h6-15,25,30H,1-5H3/b26-24+. The first-order chi connectivity index (χ1) is 16.3. The first kappa shape index (κ1) is 23.1. The van der Waals surface area contributed by atoms with Crippen LogP contribution < -0.4 is 14.4 Å². The summed E-state index contributed by atoms with van der Waals surface area (Å²) in [7, 11) is 3.05. The Hall–Kier alpha value is -4.06. The number of aliphatic hydroxyl groups is 1. The second kappa shape index (κ2) is 9.06. The highest BCUT2D eigenvalue weighted by Gasteiger charge is 2.47. The Labute approximate surface area is 199 Å². The molecule has 0 aliphatic carbocycles. The van der Waals surface area contributed by atoms with Gasteiger partial charge in [0.05, 0.1) is 31.4 Å². The zero-order chi connectivity index (χ0) is 24.6. The molecule has 1 heterocycles. The lowest BCUT2D eigenvalue weighted by Gasteiger charge is -2.27. The van der Waals surface area contributed by atoms with Gasteiger partial charge in [0, 0.05) is 5.69 Å². The number of rotatable bonds is 5. The Morgan fingerprint density at radius 1 is 0.882 bits per heavy atom. The third kappa shape index (κ3) is 3.92. The lowest BCUT2D eigenvalue weighted by atomic mass is 9.94. The second-order valence-corrected chi connectivity index (χ2v) is 8.44. The van der Waals surface area contributed by atoms with Crippen molar-refractivity contribution in [1.82, 2.24) is 0 Å². The molecule has 1 saturated heterocycles. The summed E-state index contributed by atoms with van der Waals surface area (Å²) in [5, 5.41) is 11.4. The van der Waals surface area contributed by atoms with Gasteiger partial charge in [0.2, 0.25) is 0 Å². The fourth-order valence-electron chi connectivity index (χ4n) is 4.44. The number of methoxy groups -OCH3 is 2. The highest BCUT2D eigenvalue weighted by molar-refractivity contribution is 6.51. The second-order valence-electron chi connectivity index (χ2n) is 8.44. The van der Waals surface area contributed by atoms with E-state index in [2.05, 4.69) is 0 Å². The number of nitrogens with zero attached hydrogens (tertiary/aromatic N) is 1. The number of aliphatic hydroxyl groups excluding tert-OH is 1. The molecule has 4 rings (SSSR count). The highest BCUT2D eigenvalue weighted by atomic mass is 16.5. The van der Waals surface area contributed by atoms with Gasteiger partial charge in [-0.25, -0.2) is 0 Å². The number of Topliss-reactive ketones (excluding diaryl/α,β-unsaturated/α-hetero) is 1. The molecule has 1 amide bonds. The number of anilines is 1. The summed E-state index contributed by atoms with van der Waals surface area (Å²) in [5.41, 5.74) is 4.38. The van der Waals surface area contributed by atoms with Crippen molar-refractivity contribution in [2.75, 3.05) is 19.1 Å². The minimum atomic E-state index is -0.846. The van der Waals surface area contributed by atoms with Crippen LogP contribution in [0.4, 0.5) is 5.69 Å². The largest absolute Gasteiger partial charge is 0.507 e. The predicted molar refractivity (Wildman–Crippen MR) is 131 cm³/mol. The van der Waals surface area contributed by atoms with Crippen LogP contribution in [-0.4, -0.2) is 31.0 Å². The van der Waals surface area contributed by atoms with Gasteiger partial charge in [0.25, 0.3) is 11.7 Å². The van der Waals surface area contributed by atoms with E-state index in [-0.39, 0.29) is 11.3 Å². The van der Waals surface area contributed by atoms with Gasteiger partial charge in [0.15, 0.2) is 0 Å². The first-order valence-electron chi connectivity index (χ1n) is 10.9. The number of amides is 1. The molecular weight excluding hydrogens is 430 g/mol. The van der Waals surface area contributed by atoms with Crippen LogP contribution >= 0.6 is 0 Å². The van der Waals surface area contributed by atoms with E-state index in [1.54, 1.807) is 37.4 Å². The average molecular weight is 458 g/mol. The summed E-state index contributed by atoms with van der Waals surface area (Å²) in [4.78, 5) is 28.3. The summed E-state index contributed by atoms with van der Waals surface area (Å²) in [5.74, 6) is -0.747. The summed E-state index contributed by atoms with van der Waals surface area (Å²) >= 11 is 0. The number of hydrogen-bond donors (Lipinski definition) is 1. The summed E-state index contributed by atoms with van der Waals surface area (Å²) in [6, 6.07) is 17.3. The van der Waals surface area contributed by atoms with Crippen molar-refractivity contribution in [3.63, 3.8) is 0 Å². The van der Waals surface area contributed by atoms with Gasteiger partial charge in [-0.2, -0.15) is 0 Å². The molecule has 1 fully saturated rings. The Kier molecular flexibility index (Phi) is 6.16. The third-order valence-corrected chi connectivity index (χ3v) is 6.08. The van der Waals surface area contributed by atoms with Crippen molar-refractivity contribution < 1.29 is 24.2 Å². The highest BCUT2D eigenvalue weighted by Crippen LogP contribution is 2.44. The molecule has 0 radical (unpaired) electrons. The number of carbonyl (C=O) groups excluding carboxylic acids is 2. The molecule has 0 aromatic heterocycles. The van der Waals surface area contributed by atoms with Crippen molar-refractivity contribution in [3.8, 4) is 11.5 Å². The number of benzene rings is 3. The zero-order valence-electron chi connectivity index (χ0n) is 19.9. The average Bonchev–Trinajstić information content (AvgIpc) is 3.09. The molecule has 3 aromatic rings. The topological polar surface area (TPSA) is 76.1 Å². The Morgan fingerprint density at radius 2 is 1.59 bits per heavy atom. The van der Waals surface area contributed by atoms with Crippen LogP contribution in [0.15, 0.2) is 66.2 Å². The number of hydrogen-bond acceptors (Lipinski definition) is 5. The van der Waals surface area contributed by atoms with E-state index in [0.29, 0.717) is 28.3 Å². The van der Waals surface area contributed by atoms with Gasteiger partial charge in [-0.3, -0.25) is 14.5 Å². The van der Waals surface area contributed by atoms with Gasteiger partial charge >= 0.3 is 0 Å². The van der Waals surface area contributed by atoms with Crippen LogP contribution in [0.25, 0.3) is 5.76 Å². The van der Waals surface area contributed by atoms with E-state index in [0.717, 1.165) is 16.7 Å². The maximum Gasteiger partial charge on any atom is 0.300 e.